The third-order valence-electron chi connectivity index (χ3n) is 3.25. The van der Waals surface area contributed by atoms with Gasteiger partial charge in [-0.25, -0.2) is 0 Å². The zero-order chi connectivity index (χ0) is 11.3. The van der Waals surface area contributed by atoms with Gasteiger partial charge in [0.05, 0.1) is 6.04 Å². The lowest BCUT2D eigenvalue weighted by Gasteiger charge is -2.23. The van der Waals surface area contributed by atoms with Gasteiger partial charge in [-0.3, -0.25) is 4.79 Å². The Labute approximate surface area is 93.0 Å². The second kappa shape index (κ2) is 6.11. The highest BCUT2D eigenvalue weighted by atomic mass is 16.2. The predicted octanol–water partition coefficient (Wildman–Crippen LogP) is 1.76. The molecule has 0 aromatic carbocycles. The van der Waals surface area contributed by atoms with E-state index in [9.17, 15) is 4.79 Å². The normalized spacial score (nSPS) is 24.7. The standard InChI is InChI=1S/C12H24N2O/c1-3-5-11(13)12(15)14-8-4-6-10(2)7-9-14/h10-11H,3-9,13H2,1-2H3/t10?,11-/m0/s1. The van der Waals surface area contributed by atoms with E-state index in [-0.39, 0.29) is 11.9 Å². The molecule has 1 unspecified atom stereocenters. The molecule has 1 saturated heterocycles. The lowest BCUT2D eigenvalue weighted by molar-refractivity contribution is -0.132. The highest BCUT2D eigenvalue weighted by molar-refractivity contribution is 5.81. The van der Waals surface area contributed by atoms with Crippen LogP contribution in [0.4, 0.5) is 0 Å². The highest BCUT2D eigenvalue weighted by Gasteiger charge is 2.22. The number of hydrogen-bond acceptors (Lipinski definition) is 2. The molecule has 3 heteroatoms. The van der Waals surface area contributed by atoms with E-state index in [1.54, 1.807) is 0 Å². The SMILES string of the molecule is CCC[C@H](N)C(=O)N1CCCC(C)CC1. The number of likely N-dealkylation sites (tertiary alicyclic amines) is 1. The van der Waals surface area contributed by atoms with Crippen molar-refractivity contribution < 1.29 is 4.79 Å². The summed E-state index contributed by atoms with van der Waals surface area (Å²) in [5.74, 6) is 0.913. The van der Waals surface area contributed by atoms with Crippen molar-refractivity contribution >= 4 is 5.91 Å². The Morgan fingerprint density at radius 3 is 2.87 bits per heavy atom. The van der Waals surface area contributed by atoms with Gasteiger partial charge in [-0.2, -0.15) is 0 Å². The molecule has 1 aliphatic heterocycles. The third kappa shape index (κ3) is 3.82. The van der Waals surface area contributed by atoms with E-state index in [1.165, 1.54) is 6.42 Å². The summed E-state index contributed by atoms with van der Waals surface area (Å²) < 4.78 is 0. The maximum Gasteiger partial charge on any atom is 0.239 e. The number of carbonyl (C=O) groups excluding carboxylic acids is 1. The van der Waals surface area contributed by atoms with Crippen LogP contribution in [-0.2, 0) is 4.79 Å². The van der Waals surface area contributed by atoms with Crippen molar-refractivity contribution in [1.82, 2.24) is 4.90 Å². The topological polar surface area (TPSA) is 46.3 Å². The summed E-state index contributed by atoms with van der Waals surface area (Å²) in [4.78, 5) is 13.9. The van der Waals surface area contributed by atoms with Crippen molar-refractivity contribution in [1.29, 1.82) is 0 Å². The first-order chi connectivity index (χ1) is 7.15. The molecule has 3 nitrogen and oxygen atoms in total. The predicted molar refractivity (Wildman–Crippen MR) is 62.5 cm³/mol. The van der Waals surface area contributed by atoms with Gasteiger partial charge < -0.3 is 10.6 Å². The second-order valence-electron chi connectivity index (χ2n) is 4.76. The van der Waals surface area contributed by atoms with E-state index in [2.05, 4.69) is 13.8 Å². The maximum absolute atomic E-state index is 11.9. The Morgan fingerprint density at radius 1 is 1.47 bits per heavy atom. The van der Waals surface area contributed by atoms with Gasteiger partial charge in [-0.1, -0.05) is 20.3 Å². The molecule has 0 radical (unpaired) electrons. The molecule has 1 amide bonds. The molecular formula is C12H24N2O. The van der Waals surface area contributed by atoms with Crippen molar-refractivity contribution in [2.24, 2.45) is 11.7 Å². The quantitative estimate of drug-likeness (QED) is 0.775. The van der Waals surface area contributed by atoms with Crippen LogP contribution >= 0.6 is 0 Å². The van der Waals surface area contributed by atoms with Gasteiger partial charge in [0.2, 0.25) is 5.91 Å². The minimum absolute atomic E-state index is 0.158. The van der Waals surface area contributed by atoms with E-state index in [1.807, 2.05) is 4.90 Å². The molecule has 0 bridgehead atoms. The van der Waals surface area contributed by atoms with Gasteiger partial charge in [0, 0.05) is 13.1 Å². The number of nitrogens with zero attached hydrogens (tertiary/aromatic N) is 1. The number of carbonyl (C=O) groups is 1. The van der Waals surface area contributed by atoms with Crippen LogP contribution in [0.1, 0.15) is 46.0 Å². The van der Waals surface area contributed by atoms with Crippen molar-refractivity contribution in [3.05, 3.63) is 0 Å². The van der Waals surface area contributed by atoms with Crippen molar-refractivity contribution in [3.8, 4) is 0 Å². The number of amides is 1. The highest BCUT2D eigenvalue weighted by Crippen LogP contribution is 2.17. The summed E-state index contributed by atoms with van der Waals surface area (Å²) >= 11 is 0. The average molecular weight is 212 g/mol. The molecule has 1 aliphatic rings. The molecule has 1 heterocycles. The summed E-state index contributed by atoms with van der Waals surface area (Å²) in [6.07, 6.45) is 5.30. The summed E-state index contributed by atoms with van der Waals surface area (Å²) in [5.41, 5.74) is 5.85. The van der Waals surface area contributed by atoms with E-state index >= 15 is 0 Å². The van der Waals surface area contributed by atoms with Gasteiger partial charge in [-0.05, 0) is 31.6 Å². The van der Waals surface area contributed by atoms with Gasteiger partial charge >= 0.3 is 0 Å². The largest absolute Gasteiger partial charge is 0.341 e. The van der Waals surface area contributed by atoms with Crippen LogP contribution in [0.15, 0.2) is 0 Å². The van der Waals surface area contributed by atoms with Crippen LogP contribution in [0.2, 0.25) is 0 Å². The molecule has 1 rings (SSSR count). The van der Waals surface area contributed by atoms with Crippen LogP contribution in [0, 0.1) is 5.92 Å². The van der Waals surface area contributed by atoms with Crippen LogP contribution in [0.25, 0.3) is 0 Å². The third-order valence-corrected chi connectivity index (χ3v) is 3.25. The fraction of sp³-hybridized carbons (Fsp3) is 0.917. The molecule has 2 atom stereocenters. The average Bonchev–Trinajstić information content (AvgIpc) is 2.42. The molecule has 1 fully saturated rings. The minimum atomic E-state index is -0.275. The Bertz CT molecular complexity index is 206. The molecule has 0 spiro atoms. The Hall–Kier alpha value is -0.570. The van der Waals surface area contributed by atoms with Crippen molar-refractivity contribution in [2.45, 2.75) is 52.0 Å². The zero-order valence-corrected chi connectivity index (χ0v) is 10.0. The molecule has 0 aliphatic carbocycles. The summed E-state index contributed by atoms with van der Waals surface area (Å²) in [5, 5.41) is 0. The smallest absolute Gasteiger partial charge is 0.239 e. The fourth-order valence-electron chi connectivity index (χ4n) is 2.15. The lowest BCUT2D eigenvalue weighted by atomic mass is 10.0. The van der Waals surface area contributed by atoms with E-state index < -0.39 is 0 Å². The molecule has 88 valence electrons. The maximum atomic E-state index is 11.9. The first-order valence-electron chi connectivity index (χ1n) is 6.19. The first kappa shape index (κ1) is 12.5. The Kier molecular flexibility index (Phi) is 5.09. The Morgan fingerprint density at radius 2 is 2.20 bits per heavy atom. The second-order valence-corrected chi connectivity index (χ2v) is 4.76. The van der Waals surface area contributed by atoms with Crippen LogP contribution < -0.4 is 5.73 Å². The van der Waals surface area contributed by atoms with E-state index in [4.69, 9.17) is 5.73 Å². The van der Waals surface area contributed by atoms with Crippen molar-refractivity contribution in [3.63, 3.8) is 0 Å². The van der Waals surface area contributed by atoms with E-state index in [0.717, 1.165) is 44.7 Å². The molecular weight excluding hydrogens is 188 g/mol. The van der Waals surface area contributed by atoms with Crippen LogP contribution in [0.5, 0.6) is 0 Å². The number of nitrogens with two attached hydrogens (primary N) is 1. The minimum Gasteiger partial charge on any atom is -0.341 e. The zero-order valence-electron chi connectivity index (χ0n) is 10.0. The van der Waals surface area contributed by atoms with E-state index in [0.29, 0.717) is 0 Å². The Balaban J connectivity index is 2.44. The van der Waals surface area contributed by atoms with Crippen LogP contribution in [-0.4, -0.2) is 29.9 Å². The van der Waals surface area contributed by atoms with Crippen molar-refractivity contribution in [2.75, 3.05) is 13.1 Å². The van der Waals surface area contributed by atoms with Gasteiger partial charge in [0.1, 0.15) is 0 Å². The molecule has 0 aromatic rings. The summed E-state index contributed by atoms with van der Waals surface area (Å²) in [6, 6.07) is -0.275. The van der Waals surface area contributed by atoms with Gasteiger partial charge in [0.25, 0.3) is 0 Å². The van der Waals surface area contributed by atoms with Gasteiger partial charge in [0.15, 0.2) is 0 Å². The van der Waals surface area contributed by atoms with Gasteiger partial charge in [-0.15, -0.1) is 0 Å². The molecule has 0 saturated carbocycles. The first-order valence-corrected chi connectivity index (χ1v) is 6.19. The number of hydrogen-bond donors (Lipinski definition) is 1. The summed E-state index contributed by atoms with van der Waals surface area (Å²) in [6.45, 7) is 6.13. The summed E-state index contributed by atoms with van der Waals surface area (Å²) in [7, 11) is 0. The molecule has 15 heavy (non-hydrogen) atoms. The monoisotopic (exact) mass is 212 g/mol. The van der Waals surface area contributed by atoms with Crippen LogP contribution in [0.3, 0.4) is 0 Å². The molecule has 0 aromatic heterocycles. The lowest BCUT2D eigenvalue weighted by Crippen LogP contribution is -2.44. The molecule has 2 N–H and O–H groups in total. The fourth-order valence-corrected chi connectivity index (χ4v) is 2.15. The number of rotatable bonds is 3.